The molecule has 1 aromatic rings. The van der Waals surface area contributed by atoms with Crippen LogP contribution in [0.2, 0.25) is 0 Å². The second-order valence-corrected chi connectivity index (χ2v) is 5.33. The van der Waals surface area contributed by atoms with E-state index in [1.807, 2.05) is 5.38 Å². The summed E-state index contributed by atoms with van der Waals surface area (Å²) in [5, 5.41) is 2.65. The SMILES string of the molecule is NC1COCC1c1csc(CCOCC(F)(F)F)n1. The van der Waals surface area contributed by atoms with Gasteiger partial charge in [0.15, 0.2) is 0 Å². The summed E-state index contributed by atoms with van der Waals surface area (Å²) in [7, 11) is 0. The molecule has 2 unspecified atom stereocenters. The average Bonchev–Trinajstić information content (AvgIpc) is 2.91. The maximum Gasteiger partial charge on any atom is 0.411 e. The van der Waals surface area contributed by atoms with Gasteiger partial charge in [0.1, 0.15) is 6.61 Å². The van der Waals surface area contributed by atoms with Crippen molar-refractivity contribution in [3.63, 3.8) is 0 Å². The third kappa shape index (κ3) is 4.41. The van der Waals surface area contributed by atoms with E-state index in [4.69, 9.17) is 10.5 Å². The lowest BCUT2D eigenvalue weighted by Crippen LogP contribution is -2.27. The van der Waals surface area contributed by atoms with E-state index >= 15 is 0 Å². The van der Waals surface area contributed by atoms with E-state index in [1.165, 1.54) is 11.3 Å². The molecule has 2 N–H and O–H groups in total. The van der Waals surface area contributed by atoms with Crippen molar-refractivity contribution in [1.29, 1.82) is 0 Å². The maximum absolute atomic E-state index is 11.9. The van der Waals surface area contributed by atoms with Gasteiger partial charge in [-0.2, -0.15) is 13.2 Å². The van der Waals surface area contributed by atoms with Crippen LogP contribution in [0.4, 0.5) is 13.2 Å². The molecule has 2 rings (SSSR count). The third-order valence-electron chi connectivity index (χ3n) is 2.80. The van der Waals surface area contributed by atoms with Gasteiger partial charge in [-0.3, -0.25) is 0 Å². The van der Waals surface area contributed by atoms with E-state index in [0.717, 1.165) is 10.7 Å². The van der Waals surface area contributed by atoms with Crippen LogP contribution in [0, 0.1) is 0 Å². The van der Waals surface area contributed by atoms with Crippen LogP contribution in [-0.2, 0) is 15.9 Å². The molecule has 0 amide bonds. The van der Waals surface area contributed by atoms with Crippen molar-refractivity contribution in [2.75, 3.05) is 26.4 Å². The van der Waals surface area contributed by atoms with Crippen molar-refractivity contribution in [2.24, 2.45) is 5.73 Å². The molecule has 19 heavy (non-hydrogen) atoms. The molecule has 0 saturated carbocycles. The Balaban J connectivity index is 1.78. The fourth-order valence-corrected chi connectivity index (χ4v) is 2.68. The number of aromatic nitrogens is 1. The van der Waals surface area contributed by atoms with E-state index in [2.05, 4.69) is 9.72 Å². The lowest BCUT2D eigenvalue weighted by atomic mass is 10.0. The first-order valence-corrected chi connectivity index (χ1v) is 6.76. The van der Waals surface area contributed by atoms with Gasteiger partial charge in [0.2, 0.25) is 0 Å². The van der Waals surface area contributed by atoms with Gasteiger partial charge < -0.3 is 15.2 Å². The fourth-order valence-electron chi connectivity index (χ4n) is 1.83. The highest BCUT2D eigenvalue weighted by Gasteiger charge is 2.29. The molecule has 1 fully saturated rings. The predicted octanol–water partition coefficient (Wildman–Crippen LogP) is 1.71. The molecule has 0 aromatic carbocycles. The normalized spacial score (nSPS) is 24.0. The molecule has 1 aliphatic heterocycles. The van der Waals surface area contributed by atoms with Crippen molar-refractivity contribution in [2.45, 2.75) is 24.6 Å². The topological polar surface area (TPSA) is 57.4 Å². The number of thiazole rings is 1. The Labute approximate surface area is 112 Å². The van der Waals surface area contributed by atoms with Gasteiger partial charge in [0, 0.05) is 23.8 Å². The molecule has 1 aliphatic rings. The molecule has 2 atom stereocenters. The van der Waals surface area contributed by atoms with Crippen LogP contribution >= 0.6 is 11.3 Å². The molecule has 0 radical (unpaired) electrons. The van der Waals surface area contributed by atoms with E-state index in [9.17, 15) is 13.2 Å². The molecule has 4 nitrogen and oxygen atoms in total. The summed E-state index contributed by atoms with van der Waals surface area (Å²) in [6.07, 6.45) is -3.90. The Morgan fingerprint density at radius 2 is 2.26 bits per heavy atom. The summed E-state index contributed by atoms with van der Waals surface area (Å²) in [4.78, 5) is 4.37. The molecule has 1 aromatic heterocycles. The summed E-state index contributed by atoms with van der Waals surface area (Å²) in [6.45, 7) is -0.132. The van der Waals surface area contributed by atoms with Gasteiger partial charge in [-0.15, -0.1) is 11.3 Å². The fraction of sp³-hybridized carbons (Fsp3) is 0.727. The quantitative estimate of drug-likeness (QED) is 0.840. The van der Waals surface area contributed by atoms with E-state index < -0.39 is 12.8 Å². The average molecular weight is 296 g/mol. The van der Waals surface area contributed by atoms with Gasteiger partial charge in [-0.25, -0.2) is 4.98 Å². The largest absolute Gasteiger partial charge is 0.411 e. The van der Waals surface area contributed by atoms with Gasteiger partial charge in [-0.1, -0.05) is 0 Å². The Kier molecular flexibility index (Phi) is 4.77. The predicted molar refractivity (Wildman–Crippen MR) is 64.2 cm³/mol. The summed E-state index contributed by atoms with van der Waals surface area (Å²) in [5.41, 5.74) is 6.74. The minimum Gasteiger partial charge on any atom is -0.379 e. The number of halogens is 3. The van der Waals surface area contributed by atoms with Crippen LogP contribution < -0.4 is 5.73 Å². The zero-order valence-electron chi connectivity index (χ0n) is 10.2. The van der Waals surface area contributed by atoms with Crippen molar-refractivity contribution in [1.82, 2.24) is 4.98 Å². The number of hydrogen-bond acceptors (Lipinski definition) is 5. The van der Waals surface area contributed by atoms with Crippen molar-refractivity contribution >= 4 is 11.3 Å². The van der Waals surface area contributed by atoms with Crippen LogP contribution in [0.5, 0.6) is 0 Å². The van der Waals surface area contributed by atoms with Crippen LogP contribution in [0.1, 0.15) is 16.6 Å². The number of nitrogens with zero attached hydrogens (tertiary/aromatic N) is 1. The molecule has 0 aliphatic carbocycles. The molecule has 0 bridgehead atoms. The highest BCUT2D eigenvalue weighted by Crippen LogP contribution is 2.26. The first-order chi connectivity index (χ1) is 8.96. The standard InChI is InChI=1S/C11H15F3N2O2S/c12-11(13,14)6-17-2-1-10-16-9(5-19-10)7-3-18-4-8(7)15/h5,7-8H,1-4,6,15H2. The Morgan fingerprint density at radius 3 is 2.89 bits per heavy atom. The Hall–Kier alpha value is -0.700. The number of alkyl halides is 3. The molecule has 8 heteroatoms. The molecular formula is C11H15F3N2O2S. The van der Waals surface area contributed by atoms with Gasteiger partial charge >= 0.3 is 6.18 Å². The number of ether oxygens (including phenoxy) is 2. The smallest absolute Gasteiger partial charge is 0.379 e. The number of nitrogens with two attached hydrogens (primary N) is 1. The van der Waals surface area contributed by atoms with Crippen LogP contribution in [0.25, 0.3) is 0 Å². The van der Waals surface area contributed by atoms with E-state index in [1.54, 1.807) is 0 Å². The summed E-state index contributed by atoms with van der Waals surface area (Å²) in [6, 6.07) is -0.0589. The minimum atomic E-state index is -4.28. The third-order valence-corrected chi connectivity index (χ3v) is 3.73. The van der Waals surface area contributed by atoms with E-state index in [-0.39, 0.29) is 18.6 Å². The van der Waals surface area contributed by atoms with Gasteiger partial charge in [-0.05, 0) is 0 Å². The monoisotopic (exact) mass is 296 g/mol. The molecule has 1 saturated heterocycles. The second-order valence-electron chi connectivity index (χ2n) is 4.39. The van der Waals surface area contributed by atoms with Gasteiger partial charge in [0.25, 0.3) is 0 Å². The molecular weight excluding hydrogens is 281 g/mol. The van der Waals surface area contributed by atoms with Gasteiger partial charge in [0.05, 0.1) is 30.5 Å². The first kappa shape index (κ1) is 14.7. The minimum absolute atomic E-state index is 0.0136. The molecule has 2 heterocycles. The van der Waals surface area contributed by atoms with Crippen LogP contribution in [0.3, 0.4) is 0 Å². The zero-order valence-corrected chi connectivity index (χ0v) is 11.0. The van der Waals surface area contributed by atoms with Crippen molar-refractivity contribution in [3.8, 4) is 0 Å². The molecule has 0 spiro atoms. The highest BCUT2D eigenvalue weighted by molar-refractivity contribution is 7.09. The van der Waals surface area contributed by atoms with Crippen molar-refractivity contribution < 1.29 is 22.6 Å². The van der Waals surface area contributed by atoms with Crippen LogP contribution in [0.15, 0.2) is 5.38 Å². The summed E-state index contributed by atoms with van der Waals surface area (Å²) < 4.78 is 45.4. The summed E-state index contributed by atoms with van der Waals surface area (Å²) in [5.74, 6) is 0.0843. The summed E-state index contributed by atoms with van der Waals surface area (Å²) >= 11 is 1.41. The Morgan fingerprint density at radius 1 is 1.47 bits per heavy atom. The Bertz CT molecular complexity index is 411. The maximum atomic E-state index is 11.9. The highest BCUT2D eigenvalue weighted by atomic mass is 32.1. The lowest BCUT2D eigenvalue weighted by molar-refractivity contribution is -0.173. The number of rotatable bonds is 5. The van der Waals surface area contributed by atoms with Crippen molar-refractivity contribution in [3.05, 3.63) is 16.1 Å². The zero-order chi connectivity index (χ0) is 13.9. The van der Waals surface area contributed by atoms with E-state index in [0.29, 0.717) is 19.6 Å². The second kappa shape index (κ2) is 6.17. The molecule has 108 valence electrons. The van der Waals surface area contributed by atoms with Crippen LogP contribution in [-0.4, -0.2) is 43.6 Å². The lowest BCUT2D eigenvalue weighted by Gasteiger charge is -2.09. The number of hydrogen-bond donors (Lipinski definition) is 1. The first-order valence-electron chi connectivity index (χ1n) is 5.88.